The van der Waals surface area contributed by atoms with Crippen LogP contribution in [0.2, 0.25) is 5.02 Å². The van der Waals surface area contributed by atoms with Crippen molar-refractivity contribution in [3.63, 3.8) is 0 Å². The monoisotopic (exact) mass is 917 g/mol. The van der Waals surface area contributed by atoms with E-state index >= 15 is 0 Å². The van der Waals surface area contributed by atoms with Crippen molar-refractivity contribution in [2.75, 3.05) is 13.2 Å². The summed E-state index contributed by atoms with van der Waals surface area (Å²) >= 11 is 6.56. The van der Waals surface area contributed by atoms with Gasteiger partial charge in [0.25, 0.3) is 0 Å². The molecule has 6 nitrogen and oxygen atoms in total. The van der Waals surface area contributed by atoms with Crippen LogP contribution in [-0.2, 0) is 19.1 Å². The van der Waals surface area contributed by atoms with Crippen LogP contribution in [0.15, 0.2) is 42.5 Å². The van der Waals surface area contributed by atoms with Gasteiger partial charge in [-0.15, -0.1) is 0 Å². The van der Waals surface area contributed by atoms with Crippen LogP contribution < -0.4 is 9.47 Å². The normalized spacial score (nSPS) is 19.8. The van der Waals surface area contributed by atoms with Gasteiger partial charge in [-0.1, -0.05) is 217 Å². The predicted molar refractivity (Wildman–Crippen MR) is 272 cm³/mol. The molecule has 7 heteroatoms. The second-order valence-corrected chi connectivity index (χ2v) is 20.8. The lowest BCUT2D eigenvalue weighted by molar-refractivity contribution is -0.154. The van der Waals surface area contributed by atoms with Crippen molar-refractivity contribution in [1.29, 1.82) is 0 Å². The minimum atomic E-state index is -0.371. The molecule has 0 aliphatic heterocycles. The number of fused-ring (bicyclic) bond motifs is 2. The summed E-state index contributed by atoms with van der Waals surface area (Å²) in [5.74, 6) is 2.76. The van der Waals surface area contributed by atoms with Gasteiger partial charge in [0.1, 0.15) is 23.7 Å². The quantitative estimate of drug-likeness (QED) is 0.0353. The molecule has 0 N–H and O–H groups in total. The molecular formula is C58H89ClO6. The molecule has 0 radical (unpaired) electrons. The molecule has 2 fully saturated rings. The standard InChI is InChI=1S/C58H89ClO6/c1-5-7-9-11-13-15-17-19-21-23-27-46-31-35-48(36-32-46)44(3)64-55(60)42-62-57-51-29-25-26-30-52(51)58(54-41-50(59)39-40-53(54)57)63-43-56(61)65-45(4)49-37-33-47(34-38-49)28-24-22-20-18-16-14-12-10-8-6-2/h25-26,29-30,39-41,44-49H,5-24,27-28,31-38,42-43H2,1-4H3. The lowest BCUT2D eigenvalue weighted by Crippen LogP contribution is -2.30. The van der Waals surface area contributed by atoms with E-state index in [0.717, 1.165) is 53.7 Å². The smallest absolute Gasteiger partial charge is 0.344 e. The highest BCUT2D eigenvalue weighted by atomic mass is 35.5. The van der Waals surface area contributed by atoms with Gasteiger partial charge in [-0.2, -0.15) is 0 Å². The Kier molecular flexibility index (Phi) is 24.8. The lowest BCUT2D eigenvalue weighted by Gasteiger charge is -2.32. The second kappa shape index (κ2) is 30.4. The van der Waals surface area contributed by atoms with E-state index in [1.54, 1.807) is 0 Å². The van der Waals surface area contributed by atoms with Crippen molar-refractivity contribution in [2.45, 2.75) is 233 Å². The van der Waals surface area contributed by atoms with E-state index in [1.165, 1.54) is 167 Å². The van der Waals surface area contributed by atoms with Gasteiger partial charge in [-0.05, 0) is 81.4 Å². The zero-order valence-electron chi connectivity index (χ0n) is 41.5. The third-order valence-corrected chi connectivity index (χ3v) is 15.5. The van der Waals surface area contributed by atoms with E-state index in [4.69, 9.17) is 30.5 Å². The molecule has 364 valence electrons. The van der Waals surface area contributed by atoms with Gasteiger partial charge < -0.3 is 18.9 Å². The first kappa shape index (κ1) is 53.0. The molecule has 0 heterocycles. The summed E-state index contributed by atoms with van der Waals surface area (Å²) in [6, 6.07) is 13.3. The van der Waals surface area contributed by atoms with E-state index < -0.39 is 0 Å². The SMILES string of the molecule is CCCCCCCCCCCCC1CCC(C(C)OC(=O)COc2c3ccccc3c(OCC(=O)OC(C)C3CCC(CCCCCCCCCCCC)CC3)c3cc(Cl)ccc23)CC1. The van der Waals surface area contributed by atoms with Crippen molar-refractivity contribution in [2.24, 2.45) is 23.7 Å². The van der Waals surface area contributed by atoms with Gasteiger partial charge in [0.15, 0.2) is 13.2 Å². The Hall–Kier alpha value is -2.99. The highest BCUT2D eigenvalue weighted by Gasteiger charge is 2.29. The molecule has 0 spiro atoms. The van der Waals surface area contributed by atoms with Crippen LogP contribution in [0.4, 0.5) is 0 Å². The number of carbonyl (C=O) groups is 2. The summed E-state index contributed by atoms with van der Waals surface area (Å²) < 4.78 is 24.7. The number of ether oxygens (including phenoxy) is 4. The number of esters is 2. The Morgan fingerprint density at radius 2 is 0.846 bits per heavy atom. The highest BCUT2D eigenvalue weighted by Crippen LogP contribution is 2.44. The molecule has 2 atom stereocenters. The Morgan fingerprint density at radius 1 is 0.492 bits per heavy atom. The first-order valence-corrected chi connectivity index (χ1v) is 27.4. The van der Waals surface area contributed by atoms with Crippen molar-refractivity contribution in [3.8, 4) is 11.5 Å². The molecule has 2 aliphatic rings. The number of rotatable bonds is 32. The van der Waals surface area contributed by atoms with Crippen LogP contribution in [0.5, 0.6) is 11.5 Å². The fraction of sp³-hybridized carbons (Fsp3) is 0.724. The molecule has 3 aromatic rings. The lowest BCUT2D eigenvalue weighted by atomic mass is 9.78. The summed E-state index contributed by atoms with van der Waals surface area (Å²) in [5, 5.41) is 3.56. The highest BCUT2D eigenvalue weighted by molar-refractivity contribution is 6.31. The first-order valence-electron chi connectivity index (χ1n) is 27.1. The molecule has 0 bridgehead atoms. The Morgan fingerprint density at radius 3 is 1.25 bits per heavy atom. The number of halogens is 1. The average molecular weight is 918 g/mol. The maximum atomic E-state index is 13.3. The van der Waals surface area contributed by atoms with Gasteiger partial charge in [0, 0.05) is 26.6 Å². The molecule has 0 amide bonds. The molecule has 65 heavy (non-hydrogen) atoms. The van der Waals surface area contributed by atoms with Crippen molar-refractivity contribution >= 4 is 45.1 Å². The Labute approximate surface area is 400 Å². The minimum absolute atomic E-state index is 0.149. The maximum absolute atomic E-state index is 13.3. The Bertz CT molecular complexity index is 1790. The van der Waals surface area contributed by atoms with Gasteiger partial charge in [0.05, 0.1) is 0 Å². The molecular weight excluding hydrogens is 828 g/mol. The van der Waals surface area contributed by atoms with Crippen LogP contribution in [0.3, 0.4) is 0 Å². The number of carbonyl (C=O) groups excluding carboxylic acids is 2. The van der Waals surface area contributed by atoms with Gasteiger partial charge in [0.2, 0.25) is 0 Å². The topological polar surface area (TPSA) is 71.1 Å². The van der Waals surface area contributed by atoms with E-state index in [0.29, 0.717) is 33.7 Å². The third-order valence-electron chi connectivity index (χ3n) is 15.2. The molecule has 3 aromatic carbocycles. The van der Waals surface area contributed by atoms with E-state index in [1.807, 2.05) is 56.3 Å². The predicted octanol–water partition coefficient (Wildman–Crippen LogP) is 17.5. The summed E-state index contributed by atoms with van der Waals surface area (Å²) in [5.41, 5.74) is 0. The molecule has 5 rings (SSSR count). The van der Waals surface area contributed by atoms with Crippen LogP contribution in [-0.4, -0.2) is 37.4 Å². The fourth-order valence-corrected chi connectivity index (χ4v) is 11.2. The summed E-state index contributed by atoms with van der Waals surface area (Å²) in [6.07, 6.45) is 39.4. The first-order chi connectivity index (χ1) is 31.8. The van der Waals surface area contributed by atoms with E-state index in [2.05, 4.69) is 13.8 Å². The zero-order valence-corrected chi connectivity index (χ0v) is 42.2. The Balaban J connectivity index is 1.04. The zero-order chi connectivity index (χ0) is 46.1. The largest absolute Gasteiger partial charge is 0.481 e. The van der Waals surface area contributed by atoms with Crippen LogP contribution in [0.1, 0.15) is 220 Å². The number of hydrogen-bond acceptors (Lipinski definition) is 6. The van der Waals surface area contributed by atoms with E-state index in [-0.39, 0.29) is 37.4 Å². The van der Waals surface area contributed by atoms with E-state index in [9.17, 15) is 9.59 Å². The van der Waals surface area contributed by atoms with Crippen LogP contribution in [0, 0.1) is 23.7 Å². The van der Waals surface area contributed by atoms with Crippen LogP contribution in [0.25, 0.3) is 21.5 Å². The summed E-state index contributed by atoms with van der Waals surface area (Å²) in [4.78, 5) is 26.6. The summed E-state index contributed by atoms with van der Waals surface area (Å²) in [7, 11) is 0. The molecule has 2 unspecified atom stereocenters. The minimum Gasteiger partial charge on any atom is -0.481 e. The summed E-state index contributed by atoms with van der Waals surface area (Å²) in [6.45, 7) is 8.23. The molecule has 0 aromatic heterocycles. The second-order valence-electron chi connectivity index (χ2n) is 20.4. The van der Waals surface area contributed by atoms with Gasteiger partial charge in [-0.3, -0.25) is 0 Å². The maximum Gasteiger partial charge on any atom is 0.344 e. The van der Waals surface area contributed by atoms with Gasteiger partial charge in [-0.25, -0.2) is 9.59 Å². The molecule has 0 saturated heterocycles. The molecule has 2 saturated carbocycles. The third kappa shape index (κ3) is 18.6. The van der Waals surface area contributed by atoms with Crippen molar-refractivity contribution < 1.29 is 28.5 Å². The van der Waals surface area contributed by atoms with Crippen LogP contribution >= 0.6 is 11.6 Å². The average Bonchev–Trinajstić information content (AvgIpc) is 3.31. The van der Waals surface area contributed by atoms with Crippen molar-refractivity contribution in [1.82, 2.24) is 0 Å². The number of unbranched alkanes of at least 4 members (excludes halogenated alkanes) is 18. The van der Waals surface area contributed by atoms with Crippen molar-refractivity contribution in [3.05, 3.63) is 47.5 Å². The molecule has 2 aliphatic carbocycles. The number of hydrogen-bond donors (Lipinski definition) is 0. The number of benzene rings is 3. The fourth-order valence-electron chi connectivity index (χ4n) is 11.1. The van der Waals surface area contributed by atoms with Gasteiger partial charge >= 0.3 is 11.9 Å².